The number of aromatic nitrogens is 2. The van der Waals surface area contributed by atoms with Gasteiger partial charge in [0.05, 0.1) is 33.4 Å². The molecule has 11 rings (SSSR count). The van der Waals surface area contributed by atoms with Gasteiger partial charge in [-0.15, -0.1) is 0 Å². The maximum Gasteiger partial charge on any atom is 0.0542 e. The molecule has 0 fully saturated rings. The summed E-state index contributed by atoms with van der Waals surface area (Å²) in [7, 11) is 0. The first-order valence-electron chi connectivity index (χ1n) is 18.9. The predicted molar refractivity (Wildman–Crippen MR) is 233 cm³/mol. The third kappa shape index (κ3) is 4.98. The number of hydrogen-bond donors (Lipinski definition) is 0. The van der Waals surface area contributed by atoms with Crippen molar-refractivity contribution in [2.24, 2.45) is 0 Å². The highest BCUT2D eigenvalue weighted by Crippen LogP contribution is 2.43. The zero-order valence-corrected chi connectivity index (χ0v) is 30.0. The van der Waals surface area contributed by atoms with Crippen LogP contribution in [0.25, 0.3) is 76.9 Å². The average molecular weight is 702 g/mol. The number of para-hydroxylation sites is 5. The van der Waals surface area contributed by atoms with Crippen molar-refractivity contribution in [2.45, 2.75) is 0 Å². The van der Waals surface area contributed by atoms with E-state index in [0.29, 0.717) is 0 Å². The van der Waals surface area contributed by atoms with Crippen molar-refractivity contribution in [2.75, 3.05) is 4.90 Å². The molecule has 0 aliphatic carbocycles. The molecule has 0 aliphatic rings. The normalized spacial score (nSPS) is 11.6. The van der Waals surface area contributed by atoms with Gasteiger partial charge in [0.25, 0.3) is 0 Å². The van der Waals surface area contributed by atoms with Gasteiger partial charge in [-0.3, -0.25) is 0 Å². The van der Waals surface area contributed by atoms with E-state index in [2.05, 4.69) is 226 Å². The molecular formula is C52H35N3. The number of hydrogen-bond acceptors (Lipinski definition) is 1. The Morgan fingerprint density at radius 2 is 0.764 bits per heavy atom. The quantitative estimate of drug-likeness (QED) is 0.168. The van der Waals surface area contributed by atoms with Gasteiger partial charge in [-0.05, 0) is 90.0 Å². The van der Waals surface area contributed by atoms with Crippen molar-refractivity contribution in [3.63, 3.8) is 0 Å². The smallest absolute Gasteiger partial charge is 0.0542 e. The molecule has 0 atom stereocenters. The predicted octanol–water partition coefficient (Wildman–Crippen LogP) is 14.2. The molecule has 2 aromatic heterocycles. The van der Waals surface area contributed by atoms with Gasteiger partial charge in [-0.25, -0.2) is 0 Å². The van der Waals surface area contributed by atoms with E-state index in [1.54, 1.807) is 0 Å². The average Bonchev–Trinajstić information content (AvgIpc) is 3.77. The standard InChI is InChI=1S/C52H35N3/c1-3-15-38(16-4-1)53(50-33-34-51(44-20-8-7-19-43(44)50)55-48-25-13-9-21-41(48)42-22-10-14-26-49(42)55)40-30-27-36(28-31-40)37-29-32-52-46(35-37)45-23-11-12-24-47(45)54(52)39-17-5-2-6-18-39/h1-35H. The number of fused-ring (bicyclic) bond motifs is 7. The molecule has 3 nitrogen and oxygen atoms in total. The van der Waals surface area contributed by atoms with E-state index >= 15 is 0 Å². The van der Waals surface area contributed by atoms with Crippen molar-refractivity contribution in [3.8, 4) is 22.5 Å². The van der Waals surface area contributed by atoms with E-state index < -0.39 is 0 Å². The minimum Gasteiger partial charge on any atom is -0.310 e. The summed E-state index contributed by atoms with van der Waals surface area (Å²) >= 11 is 0. The van der Waals surface area contributed by atoms with Crippen molar-refractivity contribution in [3.05, 3.63) is 212 Å². The van der Waals surface area contributed by atoms with Crippen LogP contribution in [0.1, 0.15) is 0 Å². The molecule has 11 aromatic rings. The zero-order chi connectivity index (χ0) is 36.3. The third-order valence-electron chi connectivity index (χ3n) is 11.1. The highest BCUT2D eigenvalue weighted by atomic mass is 15.1. The minimum absolute atomic E-state index is 1.10. The van der Waals surface area contributed by atoms with Gasteiger partial charge in [0.15, 0.2) is 0 Å². The third-order valence-corrected chi connectivity index (χ3v) is 11.1. The second-order valence-electron chi connectivity index (χ2n) is 14.2. The van der Waals surface area contributed by atoms with Crippen LogP contribution in [0, 0.1) is 0 Å². The molecule has 2 heterocycles. The van der Waals surface area contributed by atoms with Crippen LogP contribution in [-0.4, -0.2) is 9.13 Å². The summed E-state index contributed by atoms with van der Waals surface area (Å²) < 4.78 is 4.79. The molecular weight excluding hydrogens is 667 g/mol. The van der Waals surface area contributed by atoms with Gasteiger partial charge < -0.3 is 14.0 Å². The Kier molecular flexibility index (Phi) is 7.17. The molecule has 9 aromatic carbocycles. The number of benzene rings is 9. The van der Waals surface area contributed by atoms with Crippen LogP contribution in [0.15, 0.2) is 212 Å². The van der Waals surface area contributed by atoms with Crippen LogP contribution < -0.4 is 4.90 Å². The van der Waals surface area contributed by atoms with Gasteiger partial charge in [0, 0.05) is 49.4 Å². The summed E-state index contributed by atoms with van der Waals surface area (Å²) in [5.74, 6) is 0. The summed E-state index contributed by atoms with van der Waals surface area (Å²) in [4.78, 5) is 2.39. The second kappa shape index (κ2) is 12.6. The van der Waals surface area contributed by atoms with E-state index in [1.807, 2.05) is 0 Å². The zero-order valence-electron chi connectivity index (χ0n) is 30.0. The first-order chi connectivity index (χ1) is 27.3. The van der Waals surface area contributed by atoms with Gasteiger partial charge in [-0.1, -0.05) is 133 Å². The molecule has 55 heavy (non-hydrogen) atoms. The van der Waals surface area contributed by atoms with Crippen LogP contribution in [0.5, 0.6) is 0 Å². The lowest BCUT2D eigenvalue weighted by molar-refractivity contribution is 1.18. The molecule has 3 heteroatoms. The van der Waals surface area contributed by atoms with Crippen LogP contribution >= 0.6 is 0 Å². The largest absolute Gasteiger partial charge is 0.310 e. The second-order valence-corrected chi connectivity index (χ2v) is 14.2. The molecule has 0 amide bonds. The molecule has 0 unspecified atom stereocenters. The van der Waals surface area contributed by atoms with Crippen LogP contribution in [-0.2, 0) is 0 Å². The van der Waals surface area contributed by atoms with Crippen LogP contribution in [0.2, 0.25) is 0 Å². The monoisotopic (exact) mass is 701 g/mol. The highest BCUT2D eigenvalue weighted by Gasteiger charge is 2.20. The van der Waals surface area contributed by atoms with E-state index in [4.69, 9.17) is 0 Å². The molecule has 258 valence electrons. The Hall–Kier alpha value is -7.36. The molecule has 0 spiro atoms. The molecule has 0 saturated carbocycles. The SMILES string of the molecule is c1ccc(N(c2ccc(-c3ccc4c(c3)c3ccccc3n4-c3ccccc3)cc2)c2ccc(-n3c4ccccc4c4ccccc43)c3ccccc23)cc1. The molecule has 0 saturated heterocycles. The van der Waals surface area contributed by atoms with E-state index in [9.17, 15) is 0 Å². The van der Waals surface area contributed by atoms with Gasteiger partial charge in [0.2, 0.25) is 0 Å². The van der Waals surface area contributed by atoms with Gasteiger partial charge in [-0.2, -0.15) is 0 Å². The Balaban J connectivity index is 1.04. The lowest BCUT2D eigenvalue weighted by Crippen LogP contribution is -2.11. The Bertz CT molecular complexity index is 3140. The van der Waals surface area contributed by atoms with E-state index in [0.717, 1.165) is 17.1 Å². The summed E-state index contributed by atoms with van der Waals surface area (Å²) in [6.07, 6.45) is 0. The lowest BCUT2D eigenvalue weighted by Gasteiger charge is -2.28. The summed E-state index contributed by atoms with van der Waals surface area (Å²) in [6.45, 7) is 0. The number of rotatable bonds is 6. The van der Waals surface area contributed by atoms with Crippen molar-refractivity contribution in [1.82, 2.24) is 9.13 Å². The minimum atomic E-state index is 1.10. The lowest BCUT2D eigenvalue weighted by atomic mass is 10.0. The molecule has 0 N–H and O–H groups in total. The summed E-state index contributed by atoms with van der Waals surface area (Å²) in [6, 6.07) is 76.8. The van der Waals surface area contributed by atoms with E-state index in [1.165, 1.54) is 76.9 Å². The van der Waals surface area contributed by atoms with Crippen molar-refractivity contribution in [1.29, 1.82) is 0 Å². The van der Waals surface area contributed by atoms with E-state index in [-0.39, 0.29) is 0 Å². The summed E-state index contributed by atoms with van der Waals surface area (Å²) in [5.41, 5.74) is 12.9. The van der Waals surface area contributed by atoms with Gasteiger partial charge in [0.1, 0.15) is 0 Å². The maximum absolute atomic E-state index is 2.42. The fourth-order valence-corrected chi connectivity index (χ4v) is 8.65. The number of nitrogens with zero attached hydrogens (tertiary/aromatic N) is 3. The Morgan fingerprint density at radius 3 is 1.42 bits per heavy atom. The fourth-order valence-electron chi connectivity index (χ4n) is 8.65. The Labute approximate surface area is 319 Å². The first kappa shape index (κ1) is 31.2. The molecule has 0 radical (unpaired) electrons. The van der Waals surface area contributed by atoms with Gasteiger partial charge >= 0.3 is 0 Å². The van der Waals surface area contributed by atoms with Crippen LogP contribution in [0.3, 0.4) is 0 Å². The first-order valence-corrected chi connectivity index (χ1v) is 18.9. The highest BCUT2D eigenvalue weighted by molar-refractivity contribution is 6.12. The topological polar surface area (TPSA) is 13.1 Å². The Morgan fingerprint density at radius 1 is 0.291 bits per heavy atom. The molecule has 0 bridgehead atoms. The van der Waals surface area contributed by atoms with Crippen molar-refractivity contribution < 1.29 is 0 Å². The number of anilines is 3. The fraction of sp³-hybridized carbons (Fsp3) is 0. The van der Waals surface area contributed by atoms with Crippen molar-refractivity contribution >= 4 is 71.4 Å². The van der Waals surface area contributed by atoms with Crippen LogP contribution in [0.4, 0.5) is 17.1 Å². The maximum atomic E-state index is 2.42. The summed E-state index contributed by atoms with van der Waals surface area (Å²) in [5, 5.41) is 7.42. The molecule has 0 aliphatic heterocycles.